The van der Waals surface area contributed by atoms with Crippen molar-refractivity contribution in [3.63, 3.8) is 0 Å². The molecule has 0 unspecified atom stereocenters. The first-order valence-electron chi connectivity index (χ1n) is 2.95. The fraction of sp³-hybridized carbons (Fsp3) is 0.800. The number of rotatable bonds is 3. The first-order chi connectivity index (χ1) is 4.20. The fourth-order valence-electron chi connectivity index (χ4n) is 0.517. The molecule has 1 radical (unpaired) electrons. The minimum Gasteiger partial charge on any atom is -0.486 e. The molecule has 0 amide bonds. The van der Waals surface area contributed by atoms with Crippen LogP contribution in [0.25, 0.3) is 0 Å². The molecule has 0 saturated carbocycles. The maximum Gasteiger partial charge on any atom is 0.269 e. The van der Waals surface area contributed by atoms with Crippen molar-refractivity contribution < 1.29 is 22.2 Å². The van der Waals surface area contributed by atoms with Gasteiger partial charge < -0.3 is 5.11 Å². The SMILES string of the molecule is CCN(CC)NC(O)=S.[Cu]. The molecule has 0 atom stereocenters. The number of thiocarbonyl (C=S) groups is 1. The van der Waals surface area contributed by atoms with Crippen LogP contribution in [0.5, 0.6) is 0 Å². The zero-order valence-electron chi connectivity index (χ0n) is 6.02. The van der Waals surface area contributed by atoms with E-state index in [1.54, 1.807) is 0 Å². The molecule has 0 saturated heterocycles. The molecule has 0 spiro atoms. The second-order valence-electron chi connectivity index (χ2n) is 1.59. The van der Waals surface area contributed by atoms with E-state index in [1.165, 1.54) is 0 Å². The molecule has 0 aromatic rings. The van der Waals surface area contributed by atoms with Gasteiger partial charge in [0.05, 0.1) is 0 Å². The van der Waals surface area contributed by atoms with E-state index in [0.717, 1.165) is 13.1 Å². The van der Waals surface area contributed by atoms with Gasteiger partial charge in [0.2, 0.25) is 0 Å². The number of hydrogen-bond donors (Lipinski definition) is 2. The Bertz CT molecular complexity index is 97.6. The molecule has 0 aliphatic rings. The van der Waals surface area contributed by atoms with Gasteiger partial charge in [0, 0.05) is 30.2 Å². The van der Waals surface area contributed by atoms with Crippen LogP contribution in [0.3, 0.4) is 0 Å². The molecule has 10 heavy (non-hydrogen) atoms. The molecule has 0 heterocycles. The van der Waals surface area contributed by atoms with Crippen molar-refractivity contribution in [3.05, 3.63) is 0 Å². The second kappa shape index (κ2) is 7.28. The molecule has 0 rings (SSSR count). The number of hydrazine groups is 1. The third-order valence-electron chi connectivity index (χ3n) is 1.02. The first-order valence-corrected chi connectivity index (χ1v) is 3.36. The Kier molecular flexibility index (Phi) is 9.32. The predicted octanol–water partition coefficient (Wildman–Crippen LogP) is 0.673. The van der Waals surface area contributed by atoms with Gasteiger partial charge in [-0.05, 0) is 12.2 Å². The van der Waals surface area contributed by atoms with Crippen molar-refractivity contribution in [2.75, 3.05) is 13.1 Å². The van der Waals surface area contributed by atoms with E-state index < -0.39 is 0 Å². The zero-order chi connectivity index (χ0) is 7.28. The Hall–Kier alpha value is 0.169. The van der Waals surface area contributed by atoms with Crippen LogP contribution in [-0.4, -0.2) is 28.4 Å². The van der Waals surface area contributed by atoms with E-state index in [1.807, 2.05) is 18.9 Å². The van der Waals surface area contributed by atoms with Crippen LogP contribution in [0, 0.1) is 0 Å². The molecule has 5 heteroatoms. The van der Waals surface area contributed by atoms with Gasteiger partial charge in [0.15, 0.2) is 0 Å². The van der Waals surface area contributed by atoms with Gasteiger partial charge in [-0.2, -0.15) is 0 Å². The van der Waals surface area contributed by atoms with Gasteiger partial charge in [0.25, 0.3) is 5.17 Å². The Morgan fingerprint density at radius 2 is 1.90 bits per heavy atom. The van der Waals surface area contributed by atoms with Crippen LogP contribution in [0.15, 0.2) is 0 Å². The molecule has 3 nitrogen and oxygen atoms in total. The summed E-state index contributed by atoms with van der Waals surface area (Å²) >= 11 is 4.41. The standard InChI is InChI=1S/C5H12N2OS.Cu/c1-3-7(4-2)6-5(8)9;/h3-4H2,1-2H3,(H2,6,8,9);. The van der Waals surface area contributed by atoms with E-state index in [9.17, 15) is 0 Å². The second-order valence-corrected chi connectivity index (χ2v) is 1.98. The average molecular weight is 212 g/mol. The summed E-state index contributed by atoms with van der Waals surface area (Å²) in [5.41, 5.74) is 2.60. The molecule has 0 aromatic heterocycles. The summed E-state index contributed by atoms with van der Waals surface area (Å²) in [7, 11) is 0. The van der Waals surface area contributed by atoms with E-state index in [2.05, 4.69) is 17.6 Å². The summed E-state index contributed by atoms with van der Waals surface area (Å²) in [4.78, 5) is 0. The summed E-state index contributed by atoms with van der Waals surface area (Å²) in [6, 6.07) is 0. The molecule has 0 bridgehead atoms. The maximum atomic E-state index is 8.56. The number of aliphatic hydroxyl groups excluding tert-OH is 1. The summed E-state index contributed by atoms with van der Waals surface area (Å²) in [5.74, 6) is 0. The van der Waals surface area contributed by atoms with Crippen molar-refractivity contribution in [3.8, 4) is 0 Å². The fourth-order valence-corrected chi connectivity index (χ4v) is 0.646. The minimum atomic E-state index is -0.168. The molecule has 0 aromatic carbocycles. The number of nitrogens with one attached hydrogen (secondary N) is 1. The number of nitrogens with zero attached hydrogens (tertiary/aromatic N) is 1. The average Bonchev–Trinajstić information content (AvgIpc) is 1.82. The summed E-state index contributed by atoms with van der Waals surface area (Å²) < 4.78 is 0. The van der Waals surface area contributed by atoms with E-state index >= 15 is 0 Å². The van der Waals surface area contributed by atoms with Crippen LogP contribution < -0.4 is 5.43 Å². The minimum absolute atomic E-state index is 0. The monoisotopic (exact) mass is 211 g/mol. The van der Waals surface area contributed by atoms with E-state index in [0.29, 0.717) is 0 Å². The van der Waals surface area contributed by atoms with Crippen molar-refractivity contribution in [2.24, 2.45) is 0 Å². The first kappa shape index (κ1) is 12.8. The Morgan fingerprint density at radius 3 is 2.00 bits per heavy atom. The number of hydrogen-bond acceptors (Lipinski definition) is 2. The summed E-state index contributed by atoms with van der Waals surface area (Å²) in [6.45, 7) is 5.62. The molecular weight excluding hydrogens is 200 g/mol. The van der Waals surface area contributed by atoms with E-state index in [-0.39, 0.29) is 22.2 Å². The molecular formula is C5H12CuN2OS. The van der Waals surface area contributed by atoms with Gasteiger partial charge in [0.1, 0.15) is 0 Å². The Labute approximate surface area is 77.2 Å². The maximum absolute atomic E-state index is 8.56. The van der Waals surface area contributed by atoms with Gasteiger partial charge in [-0.15, -0.1) is 0 Å². The molecule has 65 valence electrons. The Balaban J connectivity index is 0. The van der Waals surface area contributed by atoms with Crippen LogP contribution in [0.4, 0.5) is 0 Å². The number of aliphatic hydroxyl groups is 1. The normalized spacial score (nSPS) is 8.70. The van der Waals surface area contributed by atoms with Gasteiger partial charge in [-0.3, -0.25) is 5.43 Å². The van der Waals surface area contributed by atoms with Crippen LogP contribution in [0.2, 0.25) is 0 Å². The van der Waals surface area contributed by atoms with Crippen molar-refractivity contribution >= 4 is 17.4 Å². The molecule has 2 N–H and O–H groups in total. The van der Waals surface area contributed by atoms with Gasteiger partial charge in [-0.25, -0.2) is 5.01 Å². The zero-order valence-corrected chi connectivity index (χ0v) is 7.78. The third-order valence-corrected chi connectivity index (χ3v) is 1.11. The van der Waals surface area contributed by atoms with Crippen LogP contribution >= 0.6 is 12.2 Å². The third kappa shape index (κ3) is 6.29. The van der Waals surface area contributed by atoms with Gasteiger partial charge >= 0.3 is 0 Å². The summed E-state index contributed by atoms with van der Waals surface area (Å²) in [5, 5.41) is 10.2. The topological polar surface area (TPSA) is 35.5 Å². The van der Waals surface area contributed by atoms with Crippen molar-refractivity contribution in [1.29, 1.82) is 0 Å². The quantitative estimate of drug-likeness (QED) is 0.409. The van der Waals surface area contributed by atoms with Crippen LogP contribution in [0.1, 0.15) is 13.8 Å². The van der Waals surface area contributed by atoms with E-state index in [4.69, 9.17) is 5.11 Å². The largest absolute Gasteiger partial charge is 0.486 e. The molecule has 0 fully saturated rings. The van der Waals surface area contributed by atoms with Crippen molar-refractivity contribution in [2.45, 2.75) is 13.8 Å². The van der Waals surface area contributed by atoms with Gasteiger partial charge in [-0.1, -0.05) is 13.8 Å². The Morgan fingerprint density at radius 1 is 1.50 bits per heavy atom. The van der Waals surface area contributed by atoms with Crippen molar-refractivity contribution in [1.82, 2.24) is 10.4 Å². The molecule has 0 aliphatic carbocycles. The molecule has 0 aliphatic heterocycles. The summed E-state index contributed by atoms with van der Waals surface area (Å²) in [6.07, 6.45) is 0. The predicted molar refractivity (Wildman–Crippen MR) is 41.3 cm³/mol. The van der Waals surface area contributed by atoms with Crippen LogP contribution in [-0.2, 0) is 17.1 Å². The smallest absolute Gasteiger partial charge is 0.269 e.